The van der Waals surface area contributed by atoms with Crippen LogP contribution in [0, 0.1) is 5.41 Å². The zero-order chi connectivity index (χ0) is 15.6. The number of nitrogens with two attached hydrogens (primary N) is 1. The third kappa shape index (κ3) is 3.75. The monoisotopic (exact) mass is 309 g/mol. The molecule has 21 heavy (non-hydrogen) atoms. The molecule has 0 radical (unpaired) electrons. The van der Waals surface area contributed by atoms with Crippen LogP contribution in [0.2, 0.25) is 0 Å². The molecule has 1 saturated carbocycles. The summed E-state index contributed by atoms with van der Waals surface area (Å²) in [6.45, 7) is 0. The first-order valence-electron chi connectivity index (χ1n) is 7.15. The first-order chi connectivity index (χ1) is 9.79. The van der Waals surface area contributed by atoms with Crippen molar-refractivity contribution < 1.29 is 8.42 Å². The third-order valence-electron chi connectivity index (χ3n) is 4.34. The van der Waals surface area contributed by atoms with Crippen molar-refractivity contribution in [3.05, 3.63) is 29.8 Å². The van der Waals surface area contributed by atoms with E-state index in [1.54, 1.807) is 0 Å². The van der Waals surface area contributed by atoms with E-state index in [2.05, 4.69) is 4.90 Å². The van der Waals surface area contributed by atoms with Gasteiger partial charge in [-0.3, -0.25) is 5.41 Å². The van der Waals surface area contributed by atoms with Crippen LogP contribution >= 0.6 is 0 Å². The van der Waals surface area contributed by atoms with Crippen molar-refractivity contribution in [1.29, 1.82) is 5.41 Å². The van der Waals surface area contributed by atoms with Gasteiger partial charge in [-0.25, -0.2) is 8.42 Å². The second-order valence-electron chi connectivity index (χ2n) is 5.84. The number of nitrogens with zero attached hydrogens (tertiary/aromatic N) is 1. The van der Waals surface area contributed by atoms with Gasteiger partial charge >= 0.3 is 0 Å². The average molecular weight is 309 g/mol. The van der Waals surface area contributed by atoms with E-state index < -0.39 is 9.84 Å². The molecule has 5 nitrogen and oxygen atoms in total. The lowest BCUT2D eigenvalue weighted by Crippen LogP contribution is -2.40. The summed E-state index contributed by atoms with van der Waals surface area (Å²) in [6.07, 6.45) is 4.74. The summed E-state index contributed by atoms with van der Waals surface area (Å²) < 4.78 is 23.5. The van der Waals surface area contributed by atoms with Crippen LogP contribution in [0.3, 0.4) is 0 Å². The van der Waals surface area contributed by atoms with E-state index in [0.29, 0.717) is 12.0 Å². The number of hydrogen-bond acceptors (Lipinski definition) is 4. The van der Waals surface area contributed by atoms with Crippen molar-refractivity contribution in [3.8, 4) is 0 Å². The minimum absolute atomic E-state index is 0.0546. The van der Waals surface area contributed by atoms with Crippen LogP contribution in [0.1, 0.15) is 31.2 Å². The Morgan fingerprint density at radius 3 is 2.43 bits per heavy atom. The Morgan fingerprint density at radius 2 is 1.90 bits per heavy atom. The molecule has 6 heteroatoms. The first kappa shape index (κ1) is 15.8. The van der Waals surface area contributed by atoms with E-state index in [9.17, 15) is 8.42 Å². The van der Waals surface area contributed by atoms with Crippen molar-refractivity contribution >= 4 is 21.4 Å². The number of rotatable bonds is 4. The summed E-state index contributed by atoms with van der Waals surface area (Å²) in [5, 5.41) is 7.17. The third-order valence-corrected chi connectivity index (χ3v) is 5.98. The molecule has 1 aromatic carbocycles. The minimum atomic E-state index is -2.96. The summed E-state index contributed by atoms with van der Waals surface area (Å²) in [5.41, 5.74) is 7.18. The number of anilines is 1. The predicted molar refractivity (Wildman–Crippen MR) is 86.7 cm³/mol. The van der Waals surface area contributed by atoms with Crippen molar-refractivity contribution in [3.63, 3.8) is 0 Å². The molecule has 0 bridgehead atoms. The SMILES string of the molecule is CN(c1ccc(C(=N)N)cc1)C1CCCC(S(C)(=O)=O)C1. The number of nitrogens with one attached hydrogen (secondary N) is 1. The normalized spacial score (nSPS) is 22.8. The highest BCUT2D eigenvalue weighted by molar-refractivity contribution is 7.91. The van der Waals surface area contributed by atoms with E-state index in [1.165, 1.54) is 6.26 Å². The van der Waals surface area contributed by atoms with E-state index in [0.717, 1.165) is 24.9 Å². The van der Waals surface area contributed by atoms with Crippen LogP contribution in [0.15, 0.2) is 24.3 Å². The molecule has 0 aliphatic heterocycles. The van der Waals surface area contributed by atoms with E-state index in [-0.39, 0.29) is 17.1 Å². The van der Waals surface area contributed by atoms with Gasteiger partial charge in [-0.1, -0.05) is 6.42 Å². The highest BCUT2D eigenvalue weighted by Gasteiger charge is 2.30. The Labute approximate surface area is 126 Å². The van der Waals surface area contributed by atoms with E-state index in [1.807, 2.05) is 31.3 Å². The van der Waals surface area contributed by atoms with Crippen LogP contribution in [0.5, 0.6) is 0 Å². The zero-order valence-electron chi connectivity index (χ0n) is 12.5. The largest absolute Gasteiger partial charge is 0.384 e. The molecule has 1 aromatic rings. The summed E-state index contributed by atoms with van der Waals surface area (Å²) in [4.78, 5) is 2.14. The number of hydrogen-bond donors (Lipinski definition) is 2. The second-order valence-corrected chi connectivity index (χ2v) is 8.17. The quantitative estimate of drug-likeness (QED) is 0.655. The molecule has 1 aliphatic carbocycles. The molecule has 3 N–H and O–H groups in total. The van der Waals surface area contributed by atoms with Gasteiger partial charge in [0.05, 0.1) is 5.25 Å². The molecular formula is C15H23N3O2S. The van der Waals surface area contributed by atoms with Gasteiger partial charge in [0.2, 0.25) is 0 Å². The van der Waals surface area contributed by atoms with Crippen molar-refractivity contribution in [2.45, 2.75) is 37.0 Å². The fraction of sp³-hybridized carbons (Fsp3) is 0.533. The highest BCUT2D eigenvalue weighted by atomic mass is 32.2. The minimum Gasteiger partial charge on any atom is -0.384 e. The molecule has 0 aromatic heterocycles. The molecule has 0 amide bonds. The molecule has 1 fully saturated rings. The number of amidine groups is 1. The summed E-state index contributed by atoms with van der Waals surface area (Å²) in [7, 11) is -0.966. The maximum atomic E-state index is 11.8. The maximum absolute atomic E-state index is 11.8. The van der Waals surface area contributed by atoms with Gasteiger partial charge in [0, 0.05) is 30.6 Å². The molecule has 0 heterocycles. The molecular weight excluding hydrogens is 286 g/mol. The van der Waals surface area contributed by atoms with Gasteiger partial charge < -0.3 is 10.6 Å². The maximum Gasteiger partial charge on any atom is 0.150 e. The van der Waals surface area contributed by atoms with E-state index in [4.69, 9.17) is 11.1 Å². The lowest BCUT2D eigenvalue weighted by Gasteiger charge is -2.36. The van der Waals surface area contributed by atoms with Gasteiger partial charge in [-0.15, -0.1) is 0 Å². The second kappa shape index (κ2) is 6.05. The van der Waals surface area contributed by atoms with Crippen LogP contribution in [-0.4, -0.2) is 38.8 Å². The van der Waals surface area contributed by atoms with Gasteiger partial charge in [-0.05, 0) is 43.5 Å². The Hall–Kier alpha value is -1.56. The summed E-state index contributed by atoms with van der Waals surface area (Å²) in [5.74, 6) is 0.0546. The van der Waals surface area contributed by atoms with Crippen LogP contribution < -0.4 is 10.6 Å². The van der Waals surface area contributed by atoms with Gasteiger partial charge in [0.25, 0.3) is 0 Å². The van der Waals surface area contributed by atoms with Gasteiger partial charge in [-0.2, -0.15) is 0 Å². The number of nitrogen functional groups attached to an aromatic ring is 1. The molecule has 0 spiro atoms. The Balaban J connectivity index is 2.12. The fourth-order valence-corrected chi connectivity index (χ4v) is 4.11. The van der Waals surface area contributed by atoms with Gasteiger partial charge in [0.15, 0.2) is 0 Å². The Bertz CT molecular complexity index is 610. The van der Waals surface area contributed by atoms with Gasteiger partial charge in [0.1, 0.15) is 15.7 Å². The lowest BCUT2D eigenvalue weighted by atomic mass is 9.93. The molecule has 0 saturated heterocycles. The van der Waals surface area contributed by atoms with Crippen molar-refractivity contribution in [2.75, 3.05) is 18.2 Å². The molecule has 2 rings (SSSR count). The smallest absolute Gasteiger partial charge is 0.150 e. The van der Waals surface area contributed by atoms with E-state index >= 15 is 0 Å². The lowest BCUT2D eigenvalue weighted by molar-refractivity contribution is 0.422. The van der Waals surface area contributed by atoms with Crippen molar-refractivity contribution in [2.24, 2.45) is 5.73 Å². The molecule has 2 unspecified atom stereocenters. The highest BCUT2D eigenvalue weighted by Crippen LogP contribution is 2.29. The summed E-state index contributed by atoms with van der Waals surface area (Å²) in [6, 6.07) is 7.75. The average Bonchev–Trinajstić information content (AvgIpc) is 2.46. The molecule has 1 aliphatic rings. The number of sulfone groups is 1. The Kier molecular flexibility index (Phi) is 4.56. The molecule has 2 atom stereocenters. The standard InChI is InChI=1S/C15H23N3O2S/c1-18(12-8-6-11(7-9-12)15(16)17)13-4-3-5-14(10-13)21(2,19)20/h6-9,13-14H,3-5,10H2,1-2H3,(H3,16,17). The molecule has 116 valence electrons. The Morgan fingerprint density at radius 1 is 1.29 bits per heavy atom. The fourth-order valence-electron chi connectivity index (χ4n) is 2.95. The van der Waals surface area contributed by atoms with Crippen LogP contribution in [-0.2, 0) is 9.84 Å². The first-order valence-corrected chi connectivity index (χ1v) is 9.10. The van der Waals surface area contributed by atoms with Crippen LogP contribution in [0.4, 0.5) is 5.69 Å². The number of benzene rings is 1. The van der Waals surface area contributed by atoms with Crippen LogP contribution in [0.25, 0.3) is 0 Å². The predicted octanol–water partition coefficient (Wildman–Crippen LogP) is 1.76. The zero-order valence-corrected chi connectivity index (χ0v) is 13.4. The topological polar surface area (TPSA) is 87.2 Å². The van der Waals surface area contributed by atoms with Crippen molar-refractivity contribution in [1.82, 2.24) is 0 Å². The summed E-state index contributed by atoms with van der Waals surface area (Å²) >= 11 is 0.